The van der Waals surface area contributed by atoms with E-state index in [2.05, 4.69) is 41.1 Å². The summed E-state index contributed by atoms with van der Waals surface area (Å²) in [5, 5.41) is 9.35. The fraction of sp³-hybridized carbons (Fsp3) is 0.647. The first-order valence-electron chi connectivity index (χ1n) is 7.97. The molecule has 0 bridgehead atoms. The van der Waals surface area contributed by atoms with Gasteiger partial charge in [-0.1, -0.05) is 30.3 Å². The van der Waals surface area contributed by atoms with Gasteiger partial charge in [-0.3, -0.25) is 9.80 Å². The first kappa shape index (κ1) is 16.4. The summed E-state index contributed by atoms with van der Waals surface area (Å²) in [6, 6.07) is 10.8. The maximum Gasteiger partial charge on any atom is 0.0593 e. The van der Waals surface area contributed by atoms with Crippen LogP contribution in [-0.4, -0.2) is 68.0 Å². The highest BCUT2D eigenvalue weighted by molar-refractivity contribution is 5.18. The van der Waals surface area contributed by atoms with Crippen molar-refractivity contribution in [2.45, 2.75) is 18.9 Å². The van der Waals surface area contributed by atoms with Gasteiger partial charge in [0.25, 0.3) is 0 Å². The number of aliphatic hydroxyl groups is 1. The number of likely N-dealkylation sites (N-methyl/N-ethyl adjacent to an activating group) is 1. The van der Waals surface area contributed by atoms with Crippen molar-refractivity contribution in [2.24, 2.45) is 0 Å². The fourth-order valence-corrected chi connectivity index (χ4v) is 2.92. The average molecular weight is 292 g/mol. The van der Waals surface area contributed by atoms with Crippen molar-refractivity contribution in [3.8, 4) is 0 Å². The Labute approximate surface area is 128 Å². The van der Waals surface area contributed by atoms with E-state index in [0.29, 0.717) is 6.04 Å². The molecule has 1 N–H and O–H groups in total. The molecule has 0 aliphatic carbocycles. The van der Waals surface area contributed by atoms with Gasteiger partial charge >= 0.3 is 0 Å². The predicted octanol–water partition coefficient (Wildman–Crippen LogP) is 1.76. The molecule has 1 atom stereocenters. The highest BCUT2D eigenvalue weighted by Crippen LogP contribution is 2.22. The lowest BCUT2D eigenvalue weighted by Crippen LogP contribution is -2.36. The Hall–Kier alpha value is -0.940. The zero-order valence-electron chi connectivity index (χ0n) is 13.1. The number of aliphatic hydroxyl groups excluding tert-OH is 1. The minimum Gasteiger partial charge on any atom is -0.396 e. The van der Waals surface area contributed by atoms with Crippen LogP contribution in [0.25, 0.3) is 0 Å². The van der Waals surface area contributed by atoms with E-state index in [1.54, 1.807) is 0 Å². The van der Waals surface area contributed by atoms with E-state index in [4.69, 9.17) is 4.74 Å². The summed E-state index contributed by atoms with van der Waals surface area (Å²) < 4.78 is 5.50. The molecule has 1 unspecified atom stereocenters. The summed E-state index contributed by atoms with van der Waals surface area (Å²) in [6.45, 7) is 6.20. The quantitative estimate of drug-likeness (QED) is 0.831. The molecular formula is C17H28N2O2. The molecule has 0 radical (unpaired) electrons. The summed E-state index contributed by atoms with van der Waals surface area (Å²) >= 11 is 0. The molecule has 1 aliphatic heterocycles. The van der Waals surface area contributed by atoms with Crippen molar-refractivity contribution in [1.82, 2.24) is 9.80 Å². The van der Waals surface area contributed by atoms with Gasteiger partial charge in [0.05, 0.1) is 6.61 Å². The van der Waals surface area contributed by atoms with Gasteiger partial charge in [-0.2, -0.15) is 0 Å². The maximum absolute atomic E-state index is 9.35. The Bertz CT molecular complexity index is 378. The molecule has 4 nitrogen and oxygen atoms in total. The van der Waals surface area contributed by atoms with Gasteiger partial charge in [0.1, 0.15) is 0 Å². The summed E-state index contributed by atoms with van der Waals surface area (Å²) in [5.41, 5.74) is 1.29. The lowest BCUT2D eigenvalue weighted by atomic mass is 10.0. The maximum atomic E-state index is 9.35. The minimum atomic E-state index is 0.224. The van der Waals surface area contributed by atoms with E-state index >= 15 is 0 Å². The lowest BCUT2D eigenvalue weighted by molar-refractivity contribution is 0.133. The SMILES string of the molecule is CN(CCN1CCCOCC1)C(CCO)c1ccccc1. The zero-order chi connectivity index (χ0) is 14.9. The molecule has 1 aromatic rings. The molecule has 4 heteroatoms. The number of ether oxygens (including phenoxy) is 1. The second-order valence-corrected chi connectivity index (χ2v) is 5.73. The normalized spacial score (nSPS) is 18.6. The van der Waals surface area contributed by atoms with Crippen LogP contribution in [0.15, 0.2) is 30.3 Å². The predicted molar refractivity (Wildman–Crippen MR) is 85.4 cm³/mol. The van der Waals surface area contributed by atoms with Crippen molar-refractivity contribution in [3.63, 3.8) is 0 Å². The average Bonchev–Trinajstić information content (AvgIpc) is 2.80. The van der Waals surface area contributed by atoms with Crippen molar-refractivity contribution in [1.29, 1.82) is 0 Å². The van der Waals surface area contributed by atoms with Crippen LogP contribution < -0.4 is 0 Å². The van der Waals surface area contributed by atoms with Crippen molar-refractivity contribution >= 4 is 0 Å². The van der Waals surface area contributed by atoms with E-state index < -0.39 is 0 Å². The molecule has 0 saturated carbocycles. The first-order valence-corrected chi connectivity index (χ1v) is 7.97. The molecule has 0 aromatic heterocycles. The van der Waals surface area contributed by atoms with E-state index in [-0.39, 0.29) is 6.61 Å². The van der Waals surface area contributed by atoms with Gasteiger partial charge in [-0.05, 0) is 25.5 Å². The monoisotopic (exact) mass is 292 g/mol. The Morgan fingerprint density at radius 2 is 2.05 bits per heavy atom. The molecule has 0 spiro atoms. The molecule has 1 saturated heterocycles. The van der Waals surface area contributed by atoms with Crippen LogP contribution in [-0.2, 0) is 4.74 Å². The van der Waals surface area contributed by atoms with Crippen molar-refractivity contribution in [3.05, 3.63) is 35.9 Å². The minimum absolute atomic E-state index is 0.224. The summed E-state index contributed by atoms with van der Waals surface area (Å²) in [4.78, 5) is 4.84. The first-order chi connectivity index (χ1) is 10.3. The smallest absolute Gasteiger partial charge is 0.0593 e. The third-order valence-electron chi connectivity index (χ3n) is 4.20. The van der Waals surface area contributed by atoms with Crippen LogP contribution >= 0.6 is 0 Å². The van der Waals surface area contributed by atoms with Crippen LogP contribution in [0.2, 0.25) is 0 Å². The number of benzene rings is 1. The topological polar surface area (TPSA) is 35.9 Å². The largest absolute Gasteiger partial charge is 0.396 e. The Morgan fingerprint density at radius 1 is 1.24 bits per heavy atom. The number of rotatable bonds is 7. The molecular weight excluding hydrogens is 264 g/mol. The molecule has 21 heavy (non-hydrogen) atoms. The van der Waals surface area contributed by atoms with Gasteiger partial charge in [-0.15, -0.1) is 0 Å². The third-order valence-corrected chi connectivity index (χ3v) is 4.20. The van der Waals surface area contributed by atoms with E-state index in [0.717, 1.165) is 52.2 Å². The summed E-state index contributed by atoms with van der Waals surface area (Å²) in [7, 11) is 2.15. The Balaban J connectivity index is 1.87. The molecule has 1 heterocycles. The lowest BCUT2D eigenvalue weighted by Gasteiger charge is -2.30. The number of hydrogen-bond acceptors (Lipinski definition) is 4. The molecule has 0 amide bonds. The van der Waals surface area contributed by atoms with Gasteiger partial charge in [0.15, 0.2) is 0 Å². The number of hydrogen-bond donors (Lipinski definition) is 1. The van der Waals surface area contributed by atoms with Crippen LogP contribution in [0.5, 0.6) is 0 Å². The highest BCUT2D eigenvalue weighted by atomic mass is 16.5. The summed E-state index contributed by atoms with van der Waals surface area (Å²) in [5.74, 6) is 0. The molecule has 1 aliphatic rings. The second-order valence-electron chi connectivity index (χ2n) is 5.73. The van der Waals surface area contributed by atoms with Crippen LogP contribution in [0.4, 0.5) is 0 Å². The van der Waals surface area contributed by atoms with Crippen molar-refractivity contribution < 1.29 is 9.84 Å². The Morgan fingerprint density at radius 3 is 2.81 bits per heavy atom. The molecule has 1 aromatic carbocycles. The van der Waals surface area contributed by atoms with Crippen LogP contribution in [0.3, 0.4) is 0 Å². The fourth-order valence-electron chi connectivity index (χ4n) is 2.92. The van der Waals surface area contributed by atoms with E-state index in [1.165, 1.54) is 5.56 Å². The van der Waals surface area contributed by atoms with Gasteiger partial charge in [-0.25, -0.2) is 0 Å². The van der Waals surface area contributed by atoms with Gasteiger partial charge in [0.2, 0.25) is 0 Å². The third kappa shape index (κ3) is 5.40. The summed E-state index contributed by atoms with van der Waals surface area (Å²) in [6.07, 6.45) is 1.91. The molecule has 1 fully saturated rings. The highest BCUT2D eigenvalue weighted by Gasteiger charge is 2.17. The Kier molecular flexibility index (Phi) is 7.16. The standard InChI is InChI=1S/C17H28N2O2/c1-18(10-11-19-9-5-14-21-15-12-19)17(8-13-20)16-6-3-2-4-7-16/h2-4,6-7,17,20H,5,8-15H2,1H3. The van der Waals surface area contributed by atoms with Crippen molar-refractivity contribution in [2.75, 3.05) is 53.0 Å². The van der Waals surface area contributed by atoms with Crippen LogP contribution in [0.1, 0.15) is 24.4 Å². The molecule has 2 rings (SSSR count). The second kappa shape index (κ2) is 9.15. The van der Waals surface area contributed by atoms with E-state index in [9.17, 15) is 5.11 Å². The zero-order valence-corrected chi connectivity index (χ0v) is 13.1. The van der Waals surface area contributed by atoms with Gasteiger partial charge < -0.3 is 9.84 Å². The number of nitrogens with zero attached hydrogens (tertiary/aromatic N) is 2. The van der Waals surface area contributed by atoms with Gasteiger partial charge in [0, 0.05) is 45.4 Å². The van der Waals surface area contributed by atoms with Crippen LogP contribution in [0, 0.1) is 0 Å². The molecule has 118 valence electrons. The van der Waals surface area contributed by atoms with E-state index in [1.807, 2.05) is 6.07 Å².